The smallest absolute Gasteiger partial charge is 0.337 e. The Hall–Kier alpha value is -3.09. The Morgan fingerprint density at radius 3 is 2.71 bits per heavy atom. The molecule has 0 spiro atoms. The van der Waals surface area contributed by atoms with Crippen molar-refractivity contribution in [3.8, 4) is 5.75 Å². The third-order valence-electron chi connectivity index (χ3n) is 2.77. The number of pyridine rings is 1. The van der Waals surface area contributed by atoms with Gasteiger partial charge in [-0.3, -0.25) is 9.78 Å². The number of hydrogen-bond donors (Lipinski definition) is 3. The van der Waals surface area contributed by atoms with Crippen molar-refractivity contribution in [3.63, 3.8) is 0 Å². The summed E-state index contributed by atoms with van der Waals surface area (Å²) in [5, 5.41) is 11.6. The fourth-order valence-corrected chi connectivity index (χ4v) is 1.77. The van der Waals surface area contributed by atoms with Crippen LogP contribution in [0.5, 0.6) is 5.75 Å². The Balaban J connectivity index is 2.36. The number of nitrogens with one attached hydrogen (secondary N) is 1. The molecular formula is C14H13N3O4. The van der Waals surface area contributed by atoms with Gasteiger partial charge in [0.05, 0.1) is 30.1 Å². The van der Waals surface area contributed by atoms with Crippen molar-refractivity contribution in [3.05, 3.63) is 47.8 Å². The van der Waals surface area contributed by atoms with Crippen molar-refractivity contribution in [2.45, 2.75) is 0 Å². The molecule has 108 valence electrons. The fourth-order valence-electron chi connectivity index (χ4n) is 1.77. The number of ether oxygens (including phenoxy) is 1. The minimum atomic E-state index is -1.16. The van der Waals surface area contributed by atoms with Crippen molar-refractivity contribution < 1.29 is 19.4 Å². The zero-order chi connectivity index (χ0) is 15.4. The molecule has 2 aromatic rings. The molecule has 0 unspecified atom stereocenters. The number of aromatic carboxylic acids is 1. The first-order valence-electron chi connectivity index (χ1n) is 5.95. The lowest BCUT2D eigenvalue weighted by Gasteiger charge is -2.11. The average Bonchev–Trinajstić information content (AvgIpc) is 2.46. The molecule has 0 fully saturated rings. The Morgan fingerprint density at radius 1 is 1.29 bits per heavy atom. The van der Waals surface area contributed by atoms with E-state index in [1.807, 2.05) is 0 Å². The highest BCUT2D eigenvalue weighted by molar-refractivity contribution is 6.09. The molecule has 1 heterocycles. The summed E-state index contributed by atoms with van der Waals surface area (Å²) in [6.07, 6.45) is 2.83. The maximum Gasteiger partial charge on any atom is 0.337 e. The van der Waals surface area contributed by atoms with Crippen LogP contribution in [0.2, 0.25) is 0 Å². The van der Waals surface area contributed by atoms with Gasteiger partial charge in [0.25, 0.3) is 5.91 Å². The van der Waals surface area contributed by atoms with Gasteiger partial charge < -0.3 is 20.9 Å². The number of nitrogen functional groups attached to an aromatic ring is 1. The van der Waals surface area contributed by atoms with Crippen LogP contribution in [0.15, 0.2) is 36.7 Å². The number of carbonyl (C=O) groups excluding carboxylic acids is 1. The largest absolute Gasteiger partial charge is 0.494 e. The first-order valence-corrected chi connectivity index (χ1v) is 5.95. The van der Waals surface area contributed by atoms with E-state index < -0.39 is 11.9 Å². The number of nitrogens with two attached hydrogens (primary N) is 1. The molecule has 7 nitrogen and oxygen atoms in total. The summed E-state index contributed by atoms with van der Waals surface area (Å²) in [5.74, 6) is -1.38. The summed E-state index contributed by atoms with van der Waals surface area (Å²) < 4.78 is 5.04. The molecular weight excluding hydrogens is 274 g/mol. The van der Waals surface area contributed by atoms with Crippen LogP contribution in [0.1, 0.15) is 20.7 Å². The van der Waals surface area contributed by atoms with Crippen molar-refractivity contribution in [2.75, 3.05) is 18.2 Å². The molecule has 0 radical (unpaired) electrons. The molecule has 4 N–H and O–H groups in total. The van der Waals surface area contributed by atoms with E-state index in [9.17, 15) is 9.59 Å². The predicted octanol–water partition coefficient (Wildman–Crippen LogP) is 1.62. The number of carboxylic acid groups (broad SMARTS) is 1. The van der Waals surface area contributed by atoms with Crippen molar-refractivity contribution in [2.24, 2.45) is 0 Å². The highest BCUT2D eigenvalue weighted by Gasteiger charge is 2.16. The summed E-state index contributed by atoms with van der Waals surface area (Å²) in [6, 6.07) is 5.64. The van der Waals surface area contributed by atoms with Gasteiger partial charge in [-0.05, 0) is 24.3 Å². The minimum Gasteiger partial charge on any atom is -0.494 e. The maximum absolute atomic E-state index is 12.2. The lowest BCUT2D eigenvalue weighted by atomic mass is 10.1. The van der Waals surface area contributed by atoms with E-state index in [0.29, 0.717) is 5.69 Å². The summed E-state index contributed by atoms with van der Waals surface area (Å²) in [5.41, 5.74) is 6.27. The molecule has 0 aliphatic carbocycles. The standard InChI is InChI=1S/C14H13N3O4/c1-21-12-7-16-5-4-10(12)13(18)17-11-6-8(15)2-3-9(11)14(19)20/h2-7H,15H2,1H3,(H,17,18)(H,19,20). The van der Waals surface area contributed by atoms with Gasteiger partial charge in [-0.2, -0.15) is 0 Å². The van der Waals surface area contributed by atoms with Crippen LogP contribution in [-0.2, 0) is 0 Å². The molecule has 0 aliphatic rings. The van der Waals surface area contributed by atoms with Gasteiger partial charge in [0.15, 0.2) is 0 Å². The van der Waals surface area contributed by atoms with Crippen LogP contribution in [0.3, 0.4) is 0 Å². The molecule has 1 aromatic carbocycles. The molecule has 0 atom stereocenters. The van der Waals surface area contributed by atoms with Gasteiger partial charge in [0.2, 0.25) is 0 Å². The number of aromatic nitrogens is 1. The van der Waals surface area contributed by atoms with Gasteiger partial charge in [0, 0.05) is 11.9 Å². The van der Waals surface area contributed by atoms with E-state index in [4.69, 9.17) is 15.6 Å². The normalized spacial score (nSPS) is 9.95. The number of amides is 1. The van der Waals surface area contributed by atoms with Gasteiger partial charge in [0.1, 0.15) is 5.75 Å². The second kappa shape index (κ2) is 5.91. The summed E-state index contributed by atoms with van der Waals surface area (Å²) >= 11 is 0. The lowest BCUT2D eigenvalue weighted by molar-refractivity contribution is 0.0698. The number of carbonyl (C=O) groups is 2. The zero-order valence-corrected chi connectivity index (χ0v) is 11.2. The Bertz CT molecular complexity index is 700. The van der Waals surface area contributed by atoms with E-state index in [1.54, 1.807) is 0 Å². The third-order valence-corrected chi connectivity index (χ3v) is 2.77. The average molecular weight is 287 g/mol. The van der Waals surface area contributed by atoms with Gasteiger partial charge in [-0.25, -0.2) is 4.79 Å². The second-order valence-corrected chi connectivity index (χ2v) is 4.14. The number of hydrogen-bond acceptors (Lipinski definition) is 5. The summed E-state index contributed by atoms with van der Waals surface area (Å²) in [4.78, 5) is 27.2. The Morgan fingerprint density at radius 2 is 2.05 bits per heavy atom. The topological polar surface area (TPSA) is 115 Å². The number of carboxylic acids is 1. The molecule has 1 amide bonds. The number of methoxy groups -OCH3 is 1. The van der Waals surface area contributed by atoms with E-state index >= 15 is 0 Å². The number of rotatable bonds is 4. The molecule has 0 aliphatic heterocycles. The first-order chi connectivity index (χ1) is 10.0. The fraction of sp³-hybridized carbons (Fsp3) is 0.0714. The molecule has 21 heavy (non-hydrogen) atoms. The quantitative estimate of drug-likeness (QED) is 0.736. The van der Waals surface area contributed by atoms with E-state index in [0.717, 1.165) is 0 Å². The first kappa shape index (κ1) is 14.3. The SMILES string of the molecule is COc1cnccc1C(=O)Nc1cc(N)ccc1C(=O)O. The van der Waals surface area contributed by atoms with Crippen molar-refractivity contribution >= 4 is 23.3 Å². The van der Waals surface area contributed by atoms with E-state index in [-0.39, 0.29) is 22.6 Å². The highest BCUT2D eigenvalue weighted by Crippen LogP contribution is 2.22. The second-order valence-electron chi connectivity index (χ2n) is 4.14. The van der Waals surface area contributed by atoms with E-state index in [1.165, 1.54) is 43.8 Å². The van der Waals surface area contributed by atoms with Gasteiger partial charge >= 0.3 is 5.97 Å². The van der Waals surface area contributed by atoms with Crippen LogP contribution in [0.25, 0.3) is 0 Å². The summed E-state index contributed by atoms with van der Waals surface area (Å²) in [6.45, 7) is 0. The Labute approximate surface area is 120 Å². The monoisotopic (exact) mass is 287 g/mol. The molecule has 0 bridgehead atoms. The summed E-state index contributed by atoms with van der Waals surface area (Å²) in [7, 11) is 1.41. The molecule has 1 aromatic heterocycles. The maximum atomic E-state index is 12.2. The van der Waals surface area contributed by atoms with Crippen LogP contribution in [0, 0.1) is 0 Å². The van der Waals surface area contributed by atoms with Crippen LogP contribution < -0.4 is 15.8 Å². The van der Waals surface area contributed by atoms with Crippen LogP contribution >= 0.6 is 0 Å². The zero-order valence-electron chi connectivity index (χ0n) is 11.2. The lowest BCUT2D eigenvalue weighted by Crippen LogP contribution is -2.16. The minimum absolute atomic E-state index is 0.0504. The number of nitrogens with zero attached hydrogens (tertiary/aromatic N) is 1. The highest BCUT2D eigenvalue weighted by atomic mass is 16.5. The molecule has 2 rings (SSSR count). The molecule has 7 heteroatoms. The van der Waals surface area contributed by atoms with Crippen molar-refractivity contribution in [1.82, 2.24) is 4.98 Å². The number of benzene rings is 1. The van der Waals surface area contributed by atoms with Crippen molar-refractivity contribution in [1.29, 1.82) is 0 Å². The van der Waals surface area contributed by atoms with Gasteiger partial charge in [-0.1, -0.05) is 0 Å². The van der Waals surface area contributed by atoms with Gasteiger partial charge in [-0.15, -0.1) is 0 Å². The molecule has 0 saturated carbocycles. The predicted molar refractivity (Wildman–Crippen MR) is 76.6 cm³/mol. The molecule has 0 saturated heterocycles. The van der Waals surface area contributed by atoms with Crippen LogP contribution in [0.4, 0.5) is 11.4 Å². The third kappa shape index (κ3) is 3.08. The van der Waals surface area contributed by atoms with Crippen LogP contribution in [-0.4, -0.2) is 29.1 Å². The number of anilines is 2. The Kier molecular flexibility index (Phi) is 4.03. The van der Waals surface area contributed by atoms with E-state index in [2.05, 4.69) is 10.3 Å².